The minimum absolute atomic E-state index is 0. The van der Waals surface area contributed by atoms with Crippen LogP contribution in [0, 0.1) is 5.82 Å². The first-order chi connectivity index (χ1) is 8.49. The van der Waals surface area contributed by atoms with Gasteiger partial charge in [-0.15, -0.1) is 12.4 Å². The lowest BCUT2D eigenvalue weighted by Gasteiger charge is -2.32. The van der Waals surface area contributed by atoms with Gasteiger partial charge in [0, 0.05) is 30.1 Å². The van der Waals surface area contributed by atoms with Gasteiger partial charge in [0.05, 0.1) is 10.6 Å². The molecule has 7 heteroatoms. The number of hydrogen-bond acceptors (Lipinski definition) is 2. The van der Waals surface area contributed by atoms with Crippen molar-refractivity contribution >= 4 is 45.8 Å². The molecule has 0 aliphatic carbocycles. The second-order valence-corrected chi connectivity index (χ2v) is 5.61. The van der Waals surface area contributed by atoms with Gasteiger partial charge in [-0.25, -0.2) is 4.39 Å². The molecule has 1 aliphatic rings. The highest BCUT2D eigenvalue weighted by Gasteiger charge is 2.24. The molecule has 106 valence electrons. The highest BCUT2D eigenvalue weighted by molar-refractivity contribution is 9.10. The Bertz CT molecular complexity index is 487. The van der Waals surface area contributed by atoms with Crippen molar-refractivity contribution < 1.29 is 9.18 Å². The van der Waals surface area contributed by atoms with Crippen LogP contribution in [0.1, 0.15) is 17.3 Å². The standard InChI is InChI=1S/C12H13BrClFN2O.ClH/c1-7-6-17(3-2-16-7)12(18)8-4-10(14)9(13)5-11(8)15;/h4-5,7,16H,2-3,6H2,1H3;1H. The zero-order chi connectivity index (χ0) is 13.3. The van der Waals surface area contributed by atoms with Crippen LogP contribution in [0.5, 0.6) is 0 Å². The fraction of sp³-hybridized carbons (Fsp3) is 0.417. The molecule has 1 fully saturated rings. The highest BCUT2D eigenvalue weighted by Crippen LogP contribution is 2.26. The molecule has 1 atom stereocenters. The van der Waals surface area contributed by atoms with Gasteiger partial charge in [-0.05, 0) is 35.0 Å². The first-order valence-corrected chi connectivity index (χ1v) is 6.83. The molecule has 3 nitrogen and oxygen atoms in total. The van der Waals surface area contributed by atoms with Crippen molar-refractivity contribution in [3.8, 4) is 0 Å². The fourth-order valence-corrected chi connectivity index (χ4v) is 2.45. The van der Waals surface area contributed by atoms with Crippen LogP contribution in [-0.2, 0) is 0 Å². The van der Waals surface area contributed by atoms with E-state index in [0.29, 0.717) is 22.6 Å². The van der Waals surface area contributed by atoms with Gasteiger partial charge in [-0.1, -0.05) is 11.6 Å². The lowest BCUT2D eigenvalue weighted by atomic mass is 10.1. The van der Waals surface area contributed by atoms with Crippen molar-refractivity contribution in [2.24, 2.45) is 0 Å². The molecule has 1 aromatic carbocycles. The summed E-state index contributed by atoms with van der Waals surface area (Å²) in [5.74, 6) is -0.863. The van der Waals surface area contributed by atoms with E-state index in [1.54, 1.807) is 4.90 Å². The lowest BCUT2D eigenvalue weighted by molar-refractivity contribution is 0.0704. The van der Waals surface area contributed by atoms with Gasteiger partial charge in [0.15, 0.2) is 0 Å². The summed E-state index contributed by atoms with van der Waals surface area (Å²) in [6.45, 7) is 3.87. The number of rotatable bonds is 1. The molecule has 0 aromatic heterocycles. The maximum Gasteiger partial charge on any atom is 0.256 e. The van der Waals surface area contributed by atoms with Crippen LogP contribution in [0.3, 0.4) is 0 Å². The number of carbonyl (C=O) groups excluding carboxylic acids is 1. The quantitative estimate of drug-likeness (QED) is 0.769. The van der Waals surface area contributed by atoms with E-state index < -0.39 is 5.82 Å². The third-order valence-corrected chi connectivity index (χ3v) is 4.09. The molecule has 1 saturated heterocycles. The molecule has 2 rings (SSSR count). The Hall–Kier alpha value is -0.360. The van der Waals surface area contributed by atoms with Crippen LogP contribution in [0.15, 0.2) is 16.6 Å². The van der Waals surface area contributed by atoms with E-state index >= 15 is 0 Å². The number of halogens is 4. The molecule has 0 saturated carbocycles. The summed E-state index contributed by atoms with van der Waals surface area (Å²) in [4.78, 5) is 13.9. The van der Waals surface area contributed by atoms with Crippen molar-refractivity contribution in [1.82, 2.24) is 10.2 Å². The molecular formula is C12H14BrCl2FN2O. The Balaban J connectivity index is 0.00000180. The van der Waals surface area contributed by atoms with Crippen LogP contribution < -0.4 is 5.32 Å². The van der Waals surface area contributed by atoms with Crippen LogP contribution in [0.4, 0.5) is 4.39 Å². The maximum absolute atomic E-state index is 13.8. The first-order valence-electron chi connectivity index (χ1n) is 5.66. The Morgan fingerprint density at radius 2 is 2.26 bits per heavy atom. The summed E-state index contributed by atoms with van der Waals surface area (Å²) >= 11 is 9.03. The van der Waals surface area contributed by atoms with E-state index in [1.165, 1.54) is 12.1 Å². The molecule has 1 amide bonds. The Morgan fingerprint density at radius 1 is 1.58 bits per heavy atom. The molecule has 1 heterocycles. The molecule has 0 radical (unpaired) electrons. The summed E-state index contributed by atoms with van der Waals surface area (Å²) in [5.41, 5.74) is 0.0253. The van der Waals surface area contributed by atoms with Gasteiger partial charge >= 0.3 is 0 Å². The normalized spacial score (nSPS) is 18.9. The summed E-state index contributed by atoms with van der Waals surface area (Å²) in [7, 11) is 0. The third kappa shape index (κ3) is 3.81. The summed E-state index contributed by atoms with van der Waals surface area (Å²) in [6.07, 6.45) is 0. The zero-order valence-corrected chi connectivity index (χ0v) is 13.4. The highest BCUT2D eigenvalue weighted by atomic mass is 79.9. The van der Waals surface area contributed by atoms with Crippen molar-refractivity contribution in [1.29, 1.82) is 0 Å². The van der Waals surface area contributed by atoms with E-state index in [0.717, 1.165) is 6.54 Å². The van der Waals surface area contributed by atoms with Crippen LogP contribution in [0.25, 0.3) is 0 Å². The Kier molecular flexibility index (Phi) is 6.05. The van der Waals surface area contributed by atoms with E-state index in [-0.39, 0.29) is 29.9 Å². The van der Waals surface area contributed by atoms with Crippen molar-refractivity contribution in [2.75, 3.05) is 19.6 Å². The minimum atomic E-state index is -0.553. The fourth-order valence-electron chi connectivity index (χ4n) is 1.97. The van der Waals surface area contributed by atoms with Crippen LogP contribution >= 0.6 is 39.9 Å². The average Bonchev–Trinajstić information content (AvgIpc) is 2.33. The zero-order valence-electron chi connectivity index (χ0n) is 10.3. The number of hydrogen-bond donors (Lipinski definition) is 1. The van der Waals surface area contributed by atoms with E-state index in [1.807, 2.05) is 6.92 Å². The molecule has 1 N–H and O–H groups in total. The summed E-state index contributed by atoms with van der Waals surface area (Å²) < 4.78 is 14.2. The predicted molar refractivity (Wildman–Crippen MR) is 79.7 cm³/mol. The Labute approximate surface area is 131 Å². The second kappa shape index (κ2) is 6.88. The predicted octanol–water partition coefficient (Wildman–Crippen LogP) is 3.10. The van der Waals surface area contributed by atoms with E-state index in [4.69, 9.17) is 11.6 Å². The second-order valence-electron chi connectivity index (χ2n) is 4.35. The number of piperazine rings is 1. The van der Waals surface area contributed by atoms with Gasteiger partial charge < -0.3 is 10.2 Å². The maximum atomic E-state index is 13.8. The summed E-state index contributed by atoms with van der Waals surface area (Å²) in [5, 5.41) is 3.57. The molecule has 1 unspecified atom stereocenters. The number of nitrogens with one attached hydrogen (secondary N) is 1. The van der Waals surface area contributed by atoms with Crippen LogP contribution in [0.2, 0.25) is 5.02 Å². The largest absolute Gasteiger partial charge is 0.336 e. The van der Waals surface area contributed by atoms with Gasteiger partial charge in [0.25, 0.3) is 5.91 Å². The van der Waals surface area contributed by atoms with Crippen molar-refractivity contribution in [3.05, 3.63) is 33.0 Å². The monoisotopic (exact) mass is 370 g/mol. The van der Waals surface area contributed by atoms with Crippen LogP contribution in [-0.4, -0.2) is 36.5 Å². The number of benzene rings is 1. The molecule has 1 aliphatic heterocycles. The molecule has 0 spiro atoms. The van der Waals surface area contributed by atoms with Crippen molar-refractivity contribution in [3.63, 3.8) is 0 Å². The average molecular weight is 372 g/mol. The smallest absolute Gasteiger partial charge is 0.256 e. The van der Waals surface area contributed by atoms with E-state index in [9.17, 15) is 9.18 Å². The molecule has 1 aromatic rings. The number of nitrogens with zero attached hydrogens (tertiary/aromatic N) is 1. The van der Waals surface area contributed by atoms with E-state index in [2.05, 4.69) is 21.2 Å². The Morgan fingerprint density at radius 3 is 2.89 bits per heavy atom. The van der Waals surface area contributed by atoms with Crippen molar-refractivity contribution in [2.45, 2.75) is 13.0 Å². The lowest BCUT2D eigenvalue weighted by Crippen LogP contribution is -2.51. The summed E-state index contributed by atoms with van der Waals surface area (Å²) in [6, 6.07) is 2.81. The van der Waals surface area contributed by atoms with Gasteiger partial charge in [-0.3, -0.25) is 4.79 Å². The van der Waals surface area contributed by atoms with Gasteiger partial charge in [-0.2, -0.15) is 0 Å². The SMILES string of the molecule is CC1CN(C(=O)c2cc(Cl)c(Br)cc2F)CCN1.Cl. The topological polar surface area (TPSA) is 32.3 Å². The van der Waals surface area contributed by atoms with Gasteiger partial charge in [0.1, 0.15) is 5.82 Å². The van der Waals surface area contributed by atoms with Gasteiger partial charge in [0.2, 0.25) is 0 Å². The number of carbonyl (C=O) groups is 1. The molecule has 19 heavy (non-hydrogen) atoms. The molecule has 0 bridgehead atoms. The minimum Gasteiger partial charge on any atom is -0.336 e. The molecular weight excluding hydrogens is 358 g/mol. The first kappa shape index (κ1) is 16.7. The third-order valence-electron chi connectivity index (χ3n) is 2.90. The number of amides is 1.